The standard InChI is InChI=1S/C18H18N4/c19-17-13-16(12-11-14-7-3-1-4-8-14)22(21-18(17)20)15-9-5-2-6-10-15/h1-10,13,19H,11-12H2,(H2,20,21)/p+1. The second-order valence-electron chi connectivity index (χ2n) is 5.21. The number of para-hydroxylation sites is 1. The molecule has 0 aliphatic carbocycles. The van der Waals surface area contributed by atoms with E-state index in [1.54, 1.807) is 0 Å². The zero-order valence-corrected chi connectivity index (χ0v) is 12.3. The Bertz CT molecular complexity index is 755. The lowest BCUT2D eigenvalue weighted by Gasteiger charge is -2.05. The minimum atomic E-state index is 0.354. The van der Waals surface area contributed by atoms with Crippen LogP contribution < -0.4 is 16.1 Å². The number of hydrogen-bond donors (Lipinski definition) is 2. The number of hydrogen-bond acceptors (Lipinski definition) is 3. The lowest BCUT2D eigenvalue weighted by Crippen LogP contribution is -2.41. The maximum atomic E-state index is 5.94. The van der Waals surface area contributed by atoms with E-state index < -0.39 is 0 Å². The van der Waals surface area contributed by atoms with Gasteiger partial charge in [-0.2, -0.15) is 0 Å². The monoisotopic (exact) mass is 291 g/mol. The molecule has 0 unspecified atom stereocenters. The summed E-state index contributed by atoms with van der Waals surface area (Å²) >= 11 is 0. The van der Waals surface area contributed by atoms with Gasteiger partial charge in [-0.15, -0.1) is 0 Å². The van der Waals surface area contributed by atoms with Crippen LogP contribution in [0.4, 0.5) is 11.5 Å². The highest BCUT2D eigenvalue weighted by Gasteiger charge is 2.18. The number of benzene rings is 2. The maximum Gasteiger partial charge on any atom is 0.238 e. The first-order valence-corrected chi connectivity index (χ1v) is 7.30. The fraction of sp³-hybridized carbons (Fsp3) is 0.111. The molecule has 0 spiro atoms. The normalized spacial score (nSPS) is 10.5. The molecule has 0 atom stereocenters. The van der Waals surface area contributed by atoms with Crippen LogP contribution in [0.5, 0.6) is 0 Å². The van der Waals surface area contributed by atoms with E-state index in [-0.39, 0.29) is 0 Å². The van der Waals surface area contributed by atoms with Crippen molar-refractivity contribution in [3.8, 4) is 5.69 Å². The average molecular weight is 291 g/mol. The topological polar surface area (TPSA) is 68.8 Å². The van der Waals surface area contributed by atoms with E-state index in [0.717, 1.165) is 24.2 Å². The molecule has 2 aromatic carbocycles. The molecule has 4 nitrogen and oxygen atoms in total. The Morgan fingerprint density at radius 2 is 1.45 bits per heavy atom. The smallest absolute Gasteiger partial charge is 0.238 e. The predicted octanol–water partition coefficient (Wildman–Crippen LogP) is 2.31. The third-order valence-corrected chi connectivity index (χ3v) is 3.61. The molecule has 110 valence electrons. The molecule has 0 amide bonds. The highest BCUT2D eigenvalue weighted by Crippen LogP contribution is 2.13. The van der Waals surface area contributed by atoms with Gasteiger partial charge in [-0.25, -0.2) is 0 Å². The third-order valence-electron chi connectivity index (χ3n) is 3.61. The van der Waals surface area contributed by atoms with Crippen LogP contribution in [0, 0.1) is 0 Å². The SMILES string of the molecule is Nc1cc(CCc2ccccc2)[n+](-c2ccccc2)nc1N. The van der Waals surface area contributed by atoms with Crippen LogP contribution in [-0.4, -0.2) is 5.10 Å². The van der Waals surface area contributed by atoms with E-state index in [1.807, 2.05) is 47.1 Å². The molecule has 0 saturated carbocycles. The zero-order valence-electron chi connectivity index (χ0n) is 12.3. The molecular weight excluding hydrogens is 272 g/mol. The van der Waals surface area contributed by atoms with Crippen molar-refractivity contribution in [2.45, 2.75) is 12.8 Å². The molecule has 0 radical (unpaired) electrons. The van der Waals surface area contributed by atoms with Crippen molar-refractivity contribution in [3.63, 3.8) is 0 Å². The zero-order chi connectivity index (χ0) is 15.4. The second kappa shape index (κ2) is 6.26. The fourth-order valence-corrected chi connectivity index (χ4v) is 2.43. The van der Waals surface area contributed by atoms with Crippen LogP contribution in [0.15, 0.2) is 66.7 Å². The van der Waals surface area contributed by atoms with Crippen LogP contribution in [0.3, 0.4) is 0 Å². The summed E-state index contributed by atoms with van der Waals surface area (Å²) in [5.41, 5.74) is 15.7. The Morgan fingerprint density at radius 3 is 2.14 bits per heavy atom. The van der Waals surface area contributed by atoms with E-state index in [4.69, 9.17) is 11.5 Å². The minimum Gasteiger partial charge on any atom is -0.395 e. The van der Waals surface area contributed by atoms with Gasteiger partial charge in [-0.1, -0.05) is 48.5 Å². The Balaban J connectivity index is 1.94. The minimum absolute atomic E-state index is 0.354. The number of nitrogens with zero attached hydrogens (tertiary/aromatic N) is 2. The summed E-state index contributed by atoms with van der Waals surface area (Å²) in [6, 6.07) is 22.3. The van der Waals surface area contributed by atoms with Gasteiger partial charge in [0.25, 0.3) is 0 Å². The van der Waals surface area contributed by atoms with Gasteiger partial charge in [0.15, 0.2) is 0 Å². The molecule has 0 aliphatic rings. The summed E-state index contributed by atoms with van der Waals surface area (Å²) in [5, 5.41) is 4.42. The van der Waals surface area contributed by atoms with Crippen molar-refractivity contribution in [2.75, 3.05) is 11.5 Å². The molecule has 3 aromatic rings. The van der Waals surface area contributed by atoms with Crippen LogP contribution >= 0.6 is 0 Å². The molecule has 1 aromatic heterocycles. The van der Waals surface area contributed by atoms with Crippen molar-refractivity contribution in [1.29, 1.82) is 0 Å². The second-order valence-corrected chi connectivity index (χ2v) is 5.21. The first-order valence-electron chi connectivity index (χ1n) is 7.30. The summed E-state index contributed by atoms with van der Waals surface area (Å²) in [6.07, 6.45) is 1.77. The summed E-state index contributed by atoms with van der Waals surface area (Å²) in [7, 11) is 0. The number of nitrogen functional groups attached to an aromatic ring is 2. The van der Waals surface area contributed by atoms with E-state index in [2.05, 4.69) is 29.4 Å². The van der Waals surface area contributed by atoms with Crippen molar-refractivity contribution >= 4 is 11.5 Å². The summed E-state index contributed by atoms with van der Waals surface area (Å²) in [4.78, 5) is 0. The van der Waals surface area contributed by atoms with Crippen molar-refractivity contribution in [1.82, 2.24) is 5.10 Å². The molecule has 1 heterocycles. The summed E-state index contributed by atoms with van der Waals surface area (Å²) in [6.45, 7) is 0. The molecule has 0 aliphatic heterocycles. The lowest BCUT2D eigenvalue weighted by atomic mass is 10.1. The maximum absolute atomic E-state index is 5.94. The van der Waals surface area contributed by atoms with Gasteiger partial charge in [-0.3, -0.25) is 0 Å². The van der Waals surface area contributed by atoms with Crippen LogP contribution in [0.25, 0.3) is 5.69 Å². The molecule has 4 N–H and O–H groups in total. The van der Waals surface area contributed by atoms with Crippen molar-refractivity contribution in [2.24, 2.45) is 0 Å². The summed E-state index contributed by atoms with van der Waals surface area (Å²) in [5.74, 6) is 0.354. The Hall–Kier alpha value is -2.88. The lowest BCUT2D eigenvalue weighted by molar-refractivity contribution is -0.666. The third kappa shape index (κ3) is 3.06. The van der Waals surface area contributed by atoms with Gasteiger partial charge in [0.1, 0.15) is 0 Å². The number of nitrogens with two attached hydrogens (primary N) is 2. The first-order chi connectivity index (χ1) is 10.7. The van der Waals surface area contributed by atoms with Crippen LogP contribution in [0.2, 0.25) is 0 Å². The Morgan fingerprint density at radius 1 is 0.818 bits per heavy atom. The average Bonchev–Trinajstić information content (AvgIpc) is 2.57. The molecule has 0 bridgehead atoms. The van der Waals surface area contributed by atoms with Crippen molar-refractivity contribution in [3.05, 3.63) is 78.0 Å². The fourth-order valence-electron chi connectivity index (χ4n) is 2.43. The predicted molar refractivity (Wildman–Crippen MR) is 88.4 cm³/mol. The molecule has 3 rings (SSSR count). The van der Waals surface area contributed by atoms with Gasteiger partial charge in [-0.05, 0) is 16.7 Å². The molecule has 0 fully saturated rings. The number of anilines is 2. The highest BCUT2D eigenvalue weighted by molar-refractivity contribution is 5.56. The quantitative estimate of drug-likeness (QED) is 0.725. The van der Waals surface area contributed by atoms with E-state index in [0.29, 0.717) is 11.5 Å². The number of aryl methyl sites for hydroxylation is 2. The van der Waals surface area contributed by atoms with Crippen LogP contribution in [-0.2, 0) is 12.8 Å². The van der Waals surface area contributed by atoms with Gasteiger partial charge in [0.05, 0.1) is 5.69 Å². The van der Waals surface area contributed by atoms with E-state index in [9.17, 15) is 0 Å². The largest absolute Gasteiger partial charge is 0.395 e. The molecular formula is C18H19N4+. The molecule has 0 saturated heterocycles. The first kappa shape index (κ1) is 14.1. The van der Waals surface area contributed by atoms with Gasteiger partial charge >= 0.3 is 0 Å². The Labute approximate surface area is 130 Å². The van der Waals surface area contributed by atoms with E-state index in [1.165, 1.54) is 5.56 Å². The van der Waals surface area contributed by atoms with Gasteiger partial charge in [0, 0.05) is 29.7 Å². The van der Waals surface area contributed by atoms with Gasteiger partial charge < -0.3 is 11.5 Å². The molecule has 4 heteroatoms. The number of rotatable bonds is 4. The Kier molecular flexibility index (Phi) is 4.01. The van der Waals surface area contributed by atoms with Crippen molar-refractivity contribution < 1.29 is 4.68 Å². The van der Waals surface area contributed by atoms with Gasteiger partial charge in [0.2, 0.25) is 17.2 Å². The number of aromatic nitrogens is 2. The van der Waals surface area contributed by atoms with E-state index >= 15 is 0 Å². The highest BCUT2D eigenvalue weighted by atomic mass is 15.3. The molecule has 22 heavy (non-hydrogen) atoms. The summed E-state index contributed by atoms with van der Waals surface area (Å²) < 4.78 is 1.87. The van der Waals surface area contributed by atoms with Crippen LogP contribution in [0.1, 0.15) is 11.3 Å².